The van der Waals surface area contributed by atoms with Gasteiger partial charge in [-0.25, -0.2) is 0 Å². The number of hydrogen-bond acceptors (Lipinski definition) is 2. The summed E-state index contributed by atoms with van der Waals surface area (Å²) in [6.45, 7) is 1.64. The number of aromatic nitrogens is 1. The Hall–Kier alpha value is -0.840. The van der Waals surface area contributed by atoms with Gasteiger partial charge in [-0.15, -0.1) is 0 Å². The van der Waals surface area contributed by atoms with Crippen molar-refractivity contribution in [1.82, 2.24) is 4.57 Å². The van der Waals surface area contributed by atoms with E-state index in [1.807, 2.05) is 0 Å². The topological polar surface area (TPSA) is 23.4 Å². The Kier molecular flexibility index (Phi) is 1.96. The number of aryl methyl sites for hydroxylation is 1. The highest BCUT2D eigenvalue weighted by Crippen LogP contribution is 2.51. The van der Waals surface area contributed by atoms with Crippen molar-refractivity contribution < 1.29 is 9.47 Å². The predicted octanol–water partition coefficient (Wildman–Crippen LogP) is 3.32. The van der Waals surface area contributed by atoms with E-state index in [4.69, 9.17) is 9.47 Å². The van der Waals surface area contributed by atoms with E-state index in [-0.39, 0.29) is 6.10 Å². The largest absolute Gasteiger partial charge is 0.342 e. The van der Waals surface area contributed by atoms with Gasteiger partial charge in [0.1, 0.15) is 6.10 Å². The van der Waals surface area contributed by atoms with E-state index in [1.54, 1.807) is 0 Å². The van der Waals surface area contributed by atoms with Crippen LogP contribution < -0.4 is 0 Å². The van der Waals surface area contributed by atoms with Crippen molar-refractivity contribution in [1.29, 1.82) is 0 Å². The third-order valence-electron chi connectivity index (χ3n) is 4.68. The van der Waals surface area contributed by atoms with Crippen molar-refractivity contribution in [3.63, 3.8) is 0 Å². The van der Waals surface area contributed by atoms with Gasteiger partial charge in [0, 0.05) is 16.3 Å². The lowest BCUT2D eigenvalue weighted by Crippen LogP contribution is -2.39. The lowest BCUT2D eigenvalue weighted by Gasteiger charge is -2.37. The van der Waals surface area contributed by atoms with Crippen LogP contribution in [-0.2, 0) is 28.2 Å². The maximum atomic E-state index is 6.20. The zero-order chi connectivity index (χ0) is 12.6. The molecule has 2 aromatic rings. The fraction of sp³-hybridized carbons (Fsp3) is 0.467. The number of hydrogen-bond donors (Lipinski definition) is 0. The maximum Gasteiger partial charge on any atom is 0.211 e. The second kappa shape index (κ2) is 3.43. The second-order valence-electron chi connectivity index (χ2n) is 5.73. The van der Waals surface area contributed by atoms with Gasteiger partial charge >= 0.3 is 0 Å². The fourth-order valence-electron chi connectivity index (χ4n) is 4.04. The van der Waals surface area contributed by atoms with Gasteiger partial charge in [0.25, 0.3) is 0 Å². The Bertz CT molecular complexity index is 704. The summed E-state index contributed by atoms with van der Waals surface area (Å²) in [6.07, 6.45) is 3.48. The first-order valence-electron chi connectivity index (χ1n) is 6.90. The van der Waals surface area contributed by atoms with Crippen LogP contribution in [-0.4, -0.2) is 17.3 Å². The molecule has 2 atom stereocenters. The van der Waals surface area contributed by atoms with Crippen molar-refractivity contribution in [2.75, 3.05) is 6.61 Å². The first kappa shape index (κ1) is 10.9. The fourth-order valence-corrected chi connectivity index (χ4v) is 4.62. The molecule has 1 aliphatic carbocycles. The van der Waals surface area contributed by atoms with Gasteiger partial charge in [-0.1, -0.05) is 12.1 Å². The number of halogens is 1. The molecule has 3 heterocycles. The van der Waals surface area contributed by atoms with Crippen LogP contribution in [0, 0.1) is 0 Å². The lowest BCUT2D eigenvalue weighted by atomic mass is 9.90. The van der Waals surface area contributed by atoms with Crippen molar-refractivity contribution in [2.24, 2.45) is 0 Å². The lowest BCUT2D eigenvalue weighted by molar-refractivity contribution is -0.201. The first-order valence-corrected chi connectivity index (χ1v) is 7.70. The van der Waals surface area contributed by atoms with Gasteiger partial charge in [0.15, 0.2) is 0 Å². The Morgan fingerprint density at radius 1 is 1.37 bits per heavy atom. The van der Waals surface area contributed by atoms with Gasteiger partial charge < -0.3 is 14.0 Å². The monoisotopic (exact) mass is 319 g/mol. The Morgan fingerprint density at radius 2 is 2.32 bits per heavy atom. The average molecular weight is 320 g/mol. The molecule has 0 amide bonds. The number of nitrogens with zero attached hydrogens (tertiary/aromatic N) is 1. The molecule has 0 N–H and O–H groups in total. The molecule has 2 aliphatic heterocycles. The van der Waals surface area contributed by atoms with Gasteiger partial charge in [-0.3, -0.25) is 0 Å². The zero-order valence-corrected chi connectivity index (χ0v) is 12.1. The molecule has 2 bridgehead atoms. The molecular formula is C15H14BrNO2. The van der Waals surface area contributed by atoms with Gasteiger partial charge in [-0.2, -0.15) is 0 Å². The van der Waals surface area contributed by atoms with Crippen molar-refractivity contribution in [3.8, 4) is 0 Å². The minimum absolute atomic E-state index is 0.209. The van der Waals surface area contributed by atoms with Gasteiger partial charge in [-0.05, 0) is 40.4 Å². The number of benzene rings is 1. The van der Waals surface area contributed by atoms with E-state index in [0.29, 0.717) is 0 Å². The Labute approximate surface area is 119 Å². The number of ether oxygens (including phenoxy) is 2. The van der Waals surface area contributed by atoms with Crippen molar-refractivity contribution in [3.05, 3.63) is 33.9 Å². The molecule has 3 aliphatic rings. The average Bonchev–Trinajstić information content (AvgIpc) is 2.90. The second-order valence-corrected chi connectivity index (χ2v) is 6.59. The maximum absolute atomic E-state index is 6.20. The van der Waals surface area contributed by atoms with E-state index in [0.717, 1.165) is 32.4 Å². The molecule has 19 heavy (non-hydrogen) atoms. The normalized spacial score (nSPS) is 31.7. The smallest absolute Gasteiger partial charge is 0.211 e. The summed E-state index contributed by atoms with van der Waals surface area (Å²) >= 11 is 3.71. The molecule has 1 aromatic heterocycles. The highest BCUT2D eigenvalue weighted by Gasteiger charge is 2.52. The summed E-state index contributed by atoms with van der Waals surface area (Å²) in [5.74, 6) is -0.449. The highest BCUT2D eigenvalue weighted by molar-refractivity contribution is 9.10. The van der Waals surface area contributed by atoms with Crippen LogP contribution in [0.2, 0.25) is 0 Å². The van der Waals surface area contributed by atoms with Crippen LogP contribution in [0.15, 0.2) is 22.7 Å². The Balaban J connectivity index is 1.96. The quantitative estimate of drug-likeness (QED) is 0.743. The summed E-state index contributed by atoms with van der Waals surface area (Å²) in [5.41, 5.74) is 4.04. The third-order valence-corrected chi connectivity index (χ3v) is 5.32. The van der Waals surface area contributed by atoms with Gasteiger partial charge in [0.05, 0.1) is 24.4 Å². The summed E-state index contributed by atoms with van der Waals surface area (Å²) in [6, 6.07) is 6.48. The molecule has 3 nitrogen and oxygen atoms in total. The predicted molar refractivity (Wildman–Crippen MR) is 75.1 cm³/mol. The van der Waals surface area contributed by atoms with Crippen molar-refractivity contribution >= 4 is 26.8 Å². The molecule has 1 aromatic carbocycles. The molecule has 0 saturated carbocycles. The number of rotatable bonds is 0. The molecule has 1 fully saturated rings. The standard InChI is InChI=1S/C15H14BrNO2/c16-12-5-1-3-10-11-4-2-6-15-14(11)17(13(10)12)7-9(19-15)8-18-15/h1,3,5,9H,2,4,6-8H2/t9-,15+/m1/s1. The van der Waals surface area contributed by atoms with Crippen molar-refractivity contribution in [2.45, 2.75) is 37.7 Å². The molecule has 0 unspecified atom stereocenters. The number of para-hydroxylation sites is 1. The summed E-state index contributed by atoms with van der Waals surface area (Å²) in [7, 11) is 0. The van der Waals surface area contributed by atoms with Crippen LogP contribution in [0.25, 0.3) is 10.9 Å². The van der Waals surface area contributed by atoms with E-state index < -0.39 is 5.79 Å². The minimum atomic E-state index is -0.449. The summed E-state index contributed by atoms with van der Waals surface area (Å²) in [5, 5.41) is 1.36. The van der Waals surface area contributed by atoms with Crippen LogP contribution in [0.3, 0.4) is 0 Å². The minimum Gasteiger partial charge on any atom is -0.342 e. The molecule has 5 rings (SSSR count). The Morgan fingerprint density at radius 3 is 3.26 bits per heavy atom. The van der Waals surface area contributed by atoms with Gasteiger partial charge in [0.2, 0.25) is 5.79 Å². The molecular weight excluding hydrogens is 306 g/mol. The van der Waals surface area contributed by atoms with E-state index >= 15 is 0 Å². The molecule has 98 valence electrons. The first-order chi connectivity index (χ1) is 9.28. The summed E-state index contributed by atoms with van der Waals surface area (Å²) < 4.78 is 15.9. The van der Waals surface area contributed by atoms with Crippen LogP contribution in [0.1, 0.15) is 24.1 Å². The van der Waals surface area contributed by atoms with Crippen LogP contribution in [0.4, 0.5) is 0 Å². The molecule has 1 saturated heterocycles. The highest BCUT2D eigenvalue weighted by atomic mass is 79.9. The molecule has 0 radical (unpaired) electrons. The van der Waals surface area contributed by atoms with Crippen LogP contribution >= 0.6 is 15.9 Å². The van der Waals surface area contributed by atoms with E-state index in [1.165, 1.54) is 26.6 Å². The number of fused-ring (bicyclic) bond motifs is 4. The van der Waals surface area contributed by atoms with Crippen LogP contribution in [0.5, 0.6) is 0 Å². The summed E-state index contributed by atoms with van der Waals surface area (Å²) in [4.78, 5) is 0. The zero-order valence-electron chi connectivity index (χ0n) is 10.5. The van der Waals surface area contributed by atoms with E-state index in [9.17, 15) is 0 Å². The third kappa shape index (κ3) is 1.21. The SMILES string of the molecule is Brc1cccc2c3c4n(c12)C[C@@H]1CO[C@@]4(CCC3)O1. The van der Waals surface area contributed by atoms with E-state index in [2.05, 4.69) is 38.7 Å². The molecule has 4 heteroatoms. The molecule has 1 spiro atoms.